The van der Waals surface area contributed by atoms with Gasteiger partial charge in [0.05, 0.1) is 0 Å². The Labute approximate surface area is 150 Å². The van der Waals surface area contributed by atoms with Crippen LogP contribution in [0.4, 0.5) is 0 Å². The maximum Gasteiger partial charge on any atom is 0.303 e. The highest BCUT2D eigenvalue weighted by Gasteiger charge is 1.93. The van der Waals surface area contributed by atoms with Crippen molar-refractivity contribution in [2.45, 2.75) is 110 Å². The highest BCUT2D eigenvalue weighted by atomic mass is 16.4. The third-order valence-corrected chi connectivity index (χ3v) is 4.38. The molecule has 0 rings (SSSR count). The molecule has 0 fully saturated rings. The summed E-state index contributed by atoms with van der Waals surface area (Å²) in [6.45, 7) is 2.28. The first-order chi connectivity index (χ1) is 11.8. The van der Waals surface area contributed by atoms with Crippen LogP contribution in [-0.2, 0) is 4.79 Å². The first-order valence-electron chi connectivity index (χ1n) is 10.3. The average Bonchev–Trinajstić information content (AvgIpc) is 2.56. The van der Waals surface area contributed by atoms with Crippen LogP contribution in [-0.4, -0.2) is 11.1 Å². The van der Waals surface area contributed by atoms with Gasteiger partial charge in [0.2, 0.25) is 0 Å². The van der Waals surface area contributed by atoms with E-state index in [2.05, 4.69) is 13.0 Å². The van der Waals surface area contributed by atoms with Crippen molar-refractivity contribution in [1.82, 2.24) is 0 Å². The van der Waals surface area contributed by atoms with E-state index in [1.807, 2.05) is 18.2 Å². The monoisotopic (exact) mass is 336 g/mol. The van der Waals surface area contributed by atoms with E-state index < -0.39 is 5.97 Å². The Hall–Kier alpha value is -1.05. The Morgan fingerprint density at radius 1 is 0.667 bits per heavy atom. The lowest BCUT2D eigenvalue weighted by atomic mass is 10.0. The van der Waals surface area contributed by atoms with Crippen molar-refractivity contribution in [3.05, 3.63) is 24.3 Å². The Morgan fingerprint density at radius 3 is 1.54 bits per heavy atom. The molecule has 0 unspecified atom stereocenters. The van der Waals surface area contributed by atoms with Gasteiger partial charge in [-0.15, -0.1) is 0 Å². The van der Waals surface area contributed by atoms with Crippen molar-refractivity contribution in [3.8, 4) is 0 Å². The van der Waals surface area contributed by atoms with Gasteiger partial charge in [-0.2, -0.15) is 0 Å². The molecular weight excluding hydrogens is 296 g/mol. The van der Waals surface area contributed by atoms with E-state index in [9.17, 15) is 4.79 Å². The van der Waals surface area contributed by atoms with Gasteiger partial charge in [-0.1, -0.05) is 108 Å². The third-order valence-electron chi connectivity index (χ3n) is 4.38. The number of carboxylic acid groups (broad SMARTS) is 1. The van der Waals surface area contributed by atoms with Crippen molar-refractivity contribution in [3.63, 3.8) is 0 Å². The lowest BCUT2D eigenvalue weighted by Crippen LogP contribution is -1.91. The van der Waals surface area contributed by atoms with Gasteiger partial charge in [0.25, 0.3) is 0 Å². The zero-order valence-corrected chi connectivity index (χ0v) is 16.0. The quantitative estimate of drug-likeness (QED) is 0.208. The normalized spacial score (nSPS) is 11.7. The molecule has 24 heavy (non-hydrogen) atoms. The van der Waals surface area contributed by atoms with Crippen LogP contribution < -0.4 is 0 Å². The Kier molecular flexibility index (Phi) is 19.1. The number of hydrogen-bond donors (Lipinski definition) is 1. The number of carbonyl (C=O) groups is 1. The number of rotatable bonds is 18. The lowest BCUT2D eigenvalue weighted by molar-refractivity contribution is -0.136. The zero-order chi connectivity index (χ0) is 17.7. The fourth-order valence-corrected chi connectivity index (χ4v) is 2.84. The number of hydrogen-bond acceptors (Lipinski definition) is 1. The van der Waals surface area contributed by atoms with E-state index in [1.54, 1.807) is 0 Å². The molecule has 0 spiro atoms. The van der Waals surface area contributed by atoms with E-state index in [1.165, 1.54) is 83.5 Å². The number of aliphatic carboxylic acids is 1. The standard InChI is InChI=1S/C22H40O2/c1-2-3-4-5-6-7-8-9-10-11-12-13-14-15-16-17-18-19-20-21-22(23)24/h16-19H,2-15,20-21H2,1H3,(H,23,24). The summed E-state index contributed by atoms with van der Waals surface area (Å²) in [7, 11) is 0. The first kappa shape index (κ1) is 22.9. The van der Waals surface area contributed by atoms with E-state index in [4.69, 9.17) is 5.11 Å². The van der Waals surface area contributed by atoms with Gasteiger partial charge < -0.3 is 5.11 Å². The summed E-state index contributed by atoms with van der Waals surface area (Å²) in [6, 6.07) is 0. The SMILES string of the molecule is CCCCCCCCCCCCCCCC=CC=CCCC(=O)O. The van der Waals surface area contributed by atoms with Crippen molar-refractivity contribution >= 4 is 5.97 Å². The summed E-state index contributed by atoms with van der Waals surface area (Å²) in [5.41, 5.74) is 0. The van der Waals surface area contributed by atoms with E-state index in [0.29, 0.717) is 6.42 Å². The molecule has 2 heteroatoms. The van der Waals surface area contributed by atoms with Gasteiger partial charge in [-0.25, -0.2) is 0 Å². The van der Waals surface area contributed by atoms with Crippen molar-refractivity contribution in [2.75, 3.05) is 0 Å². The third kappa shape index (κ3) is 20.9. The fourth-order valence-electron chi connectivity index (χ4n) is 2.84. The molecule has 0 atom stereocenters. The summed E-state index contributed by atoms with van der Waals surface area (Å²) in [6.07, 6.45) is 28.3. The van der Waals surface area contributed by atoms with Crippen LogP contribution in [0.25, 0.3) is 0 Å². The van der Waals surface area contributed by atoms with Gasteiger partial charge in [0.1, 0.15) is 0 Å². The number of allylic oxidation sites excluding steroid dienone is 4. The minimum Gasteiger partial charge on any atom is -0.481 e. The van der Waals surface area contributed by atoms with Crippen LogP contribution >= 0.6 is 0 Å². The molecule has 0 aromatic rings. The van der Waals surface area contributed by atoms with Crippen LogP contribution in [0.3, 0.4) is 0 Å². The maximum absolute atomic E-state index is 10.3. The van der Waals surface area contributed by atoms with E-state index in [-0.39, 0.29) is 6.42 Å². The van der Waals surface area contributed by atoms with Gasteiger partial charge in [-0.3, -0.25) is 4.79 Å². The Balaban J connectivity index is 3.13. The second-order valence-electron chi connectivity index (χ2n) is 6.82. The smallest absolute Gasteiger partial charge is 0.303 e. The molecule has 140 valence electrons. The van der Waals surface area contributed by atoms with Crippen molar-refractivity contribution in [1.29, 1.82) is 0 Å². The highest BCUT2D eigenvalue weighted by molar-refractivity contribution is 5.66. The Morgan fingerprint density at radius 2 is 1.08 bits per heavy atom. The second kappa shape index (κ2) is 20.0. The molecule has 0 bridgehead atoms. The minimum atomic E-state index is -0.726. The average molecular weight is 337 g/mol. The van der Waals surface area contributed by atoms with Crippen molar-refractivity contribution < 1.29 is 9.90 Å². The largest absolute Gasteiger partial charge is 0.481 e. The van der Waals surface area contributed by atoms with Gasteiger partial charge in [0, 0.05) is 6.42 Å². The van der Waals surface area contributed by atoms with Crippen LogP contribution in [0, 0.1) is 0 Å². The van der Waals surface area contributed by atoms with Crippen molar-refractivity contribution in [2.24, 2.45) is 0 Å². The lowest BCUT2D eigenvalue weighted by Gasteiger charge is -2.02. The summed E-state index contributed by atoms with van der Waals surface area (Å²) >= 11 is 0. The molecular formula is C22H40O2. The fraction of sp³-hybridized carbons (Fsp3) is 0.773. The minimum absolute atomic E-state index is 0.225. The van der Waals surface area contributed by atoms with E-state index >= 15 is 0 Å². The number of unbranched alkanes of at least 4 members (excludes halogenated alkanes) is 13. The zero-order valence-electron chi connectivity index (χ0n) is 16.0. The summed E-state index contributed by atoms with van der Waals surface area (Å²) < 4.78 is 0. The predicted molar refractivity (Wildman–Crippen MR) is 105 cm³/mol. The molecule has 1 N–H and O–H groups in total. The Bertz CT molecular complexity index is 318. The van der Waals surface area contributed by atoms with Crippen LogP contribution in [0.1, 0.15) is 110 Å². The van der Waals surface area contributed by atoms with Gasteiger partial charge >= 0.3 is 5.97 Å². The molecule has 0 aliphatic carbocycles. The predicted octanol–water partition coefficient (Wildman–Crippen LogP) is 7.44. The molecule has 0 aromatic carbocycles. The van der Waals surface area contributed by atoms with Crippen LogP contribution in [0.15, 0.2) is 24.3 Å². The molecule has 0 saturated carbocycles. The molecule has 0 heterocycles. The summed E-state index contributed by atoms with van der Waals surface area (Å²) in [4.78, 5) is 10.3. The molecule has 0 radical (unpaired) electrons. The van der Waals surface area contributed by atoms with Gasteiger partial charge in [-0.05, 0) is 19.3 Å². The first-order valence-corrected chi connectivity index (χ1v) is 10.3. The molecule has 0 aliphatic rings. The van der Waals surface area contributed by atoms with Crippen LogP contribution in [0.5, 0.6) is 0 Å². The topological polar surface area (TPSA) is 37.3 Å². The highest BCUT2D eigenvalue weighted by Crippen LogP contribution is 2.13. The molecule has 2 nitrogen and oxygen atoms in total. The number of carboxylic acids is 1. The van der Waals surface area contributed by atoms with Gasteiger partial charge in [0.15, 0.2) is 0 Å². The maximum atomic E-state index is 10.3. The molecule has 0 aliphatic heterocycles. The summed E-state index contributed by atoms with van der Waals surface area (Å²) in [5, 5.41) is 8.51. The molecule has 0 amide bonds. The summed E-state index contributed by atoms with van der Waals surface area (Å²) in [5.74, 6) is -0.726. The second-order valence-corrected chi connectivity index (χ2v) is 6.82. The van der Waals surface area contributed by atoms with Crippen LogP contribution in [0.2, 0.25) is 0 Å². The van der Waals surface area contributed by atoms with E-state index in [0.717, 1.165) is 6.42 Å². The molecule has 0 aromatic heterocycles. The molecule has 0 saturated heterocycles.